The third kappa shape index (κ3) is 2.29. The summed E-state index contributed by atoms with van der Waals surface area (Å²) in [6.45, 7) is 2.06. The summed E-state index contributed by atoms with van der Waals surface area (Å²) < 4.78 is 1.13. The molecule has 2 N–H and O–H groups in total. The molecule has 3 rings (SSSR count). The first-order valence-corrected chi connectivity index (χ1v) is 7.24. The minimum Gasteiger partial charge on any atom is -0.397 e. The highest BCUT2D eigenvalue weighted by atomic mass is 35.5. The molecule has 1 heterocycles. The molecule has 5 heteroatoms. The number of rotatable bonds is 1. The Morgan fingerprint density at radius 1 is 1.16 bits per heavy atom. The molecule has 2 aromatic carbocycles. The smallest absolute Gasteiger partial charge is 0.126 e. The van der Waals surface area contributed by atoms with Gasteiger partial charge < -0.3 is 5.73 Å². The van der Waals surface area contributed by atoms with Crippen LogP contribution in [0.4, 0.5) is 5.69 Å². The molecule has 3 aromatic rings. The summed E-state index contributed by atoms with van der Waals surface area (Å²) in [6.07, 6.45) is 0. The first kappa shape index (κ1) is 12.7. The van der Waals surface area contributed by atoms with Crippen LogP contribution in [0.1, 0.15) is 5.56 Å². The Morgan fingerprint density at radius 3 is 2.74 bits per heavy atom. The summed E-state index contributed by atoms with van der Waals surface area (Å²) >= 11 is 13.7. The van der Waals surface area contributed by atoms with Crippen LogP contribution in [0.15, 0.2) is 30.3 Å². The van der Waals surface area contributed by atoms with Crippen LogP contribution in [-0.4, -0.2) is 4.98 Å². The molecule has 0 aliphatic rings. The molecule has 0 unspecified atom stereocenters. The second-order valence-corrected chi connectivity index (χ2v) is 6.21. The highest BCUT2D eigenvalue weighted by Crippen LogP contribution is 2.38. The monoisotopic (exact) mass is 308 g/mol. The molecule has 0 atom stereocenters. The average molecular weight is 309 g/mol. The Hall–Kier alpha value is -1.29. The van der Waals surface area contributed by atoms with Gasteiger partial charge >= 0.3 is 0 Å². The molecule has 0 bridgehead atoms. The highest BCUT2D eigenvalue weighted by Gasteiger charge is 2.12. The summed E-state index contributed by atoms with van der Waals surface area (Å²) in [5.41, 5.74) is 9.48. The molecule has 0 aliphatic heterocycles. The van der Waals surface area contributed by atoms with Crippen LogP contribution in [0.2, 0.25) is 10.0 Å². The number of anilines is 1. The largest absolute Gasteiger partial charge is 0.397 e. The fourth-order valence-corrected chi connectivity index (χ4v) is 3.50. The number of thiazole rings is 1. The van der Waals surface area contributed by atoms with Gasteiger partial charge in [0, 0.05) is 10.6 Å². The molecular weight excluding hydrogens is 299 g/mol. The van der Waals surface area contributed by atoms with E-state index < -0.39 is 0 Å². The molecule has 1 aromatic heterocycles. The Kier molecular flexibility index (Phi) is 3.13. The van der Waals surface area contributed by atoms with Gasteiger partial charge in [0.05, 0.1) is 20.9 Å². The van der Waals surface area contributed by atoms with Crippen LogP contribution < -0.4 is 5.73 Å². The zero-order chi connectivity index (χ0) is 13.6. The normalized spacial score (nSPS) is 11.1. The van der Waals surface area contributed by atoms with Crippen LogP contribution >= 0.6 is 34.5 Å². The van der Waals surface area contributed by atoms with Crippen molar-refractivity contribution in [2.75, 3.05) is 5.73 Å². The number of aryl methyl sites for hydroxylation is 1. The molecule has 0 saturated heterocycles. The van der Waals surface area contributed by atoms with Gasteiger partial charge in [-0.1, -0.05) is 29.3 Å². The standard InChI is InChI=1S/C14H10Cl2N2S/c1-7-2-3-11-12(4-7)19-14(18-11)9-5-8(15)6-10(16)13(9)17/h2-6H,17H2,1H3. The van der Waals surface area contributed by atoms with E-state index in [9.17, 15) is 0 Å². The van der Waals surface area contributed by atoms with Crippen LogP contribution in [0.25, 0.3) is 20.8 Å². The Bertz CT molecular complexity index is 780. The van der Waals surface area contributed by atoms with Crippen molar-refractivity contribution in [2.45, 2.75) is 6.92 Å². The van der Waals surface area contributed by atoms with E-state index in [1.165, 1.54) is 5.56 Å². The predicted molar refractivity (Wildman–Crippen MR) is 84.2 cm³/mol. The van der Waals surface area contributed by atoms with Gasteiger partial charge in [0.2, 0.25) is 0 Å². The number of nitrogen functional groups attached to an aromatic ring is 1. The van der Waals surface area contributed by atoms with Crippen molar-refractivity contribution < 1.29 is 0 Å². The topological polar surface area (TPSA) is 38.9 Å². The van der Waals surface area contributed by atoms with E-state index in [-0.39, 0.29) is 0 Å². The first-order chi connectivity index (χ1) is 9.04. The van der Waals surface area contributed by atoms with Gasteiger partial charge in [0.1, 0.15) is 5.01 Å². The number of benzene rings is 2. The summed E-state index contributed by atoms with van der Waals surface area (Å²) in [7, 11) is 0. The summed E-state index contributed by atoms with van der Waals surface area (Å²) in [4.78, 5) is 4.59. The molecule has 0 saturated carbocycles. The Morgan fingerprint density at radius 2 is 1.95 bits per heavy atom. The van der Waals surface area contributed by atoms with Gasteiger partial charge in [-0.3, -0.25) is 0 Å². The second kappa shape index (κ2) is 4.67. The minimum atomic E-state index is 0.456. The molecule has 96 valence electrons. The van der Waals surface area contributed by atoms with E-state index in [1.54, 1.807) is 23.5 Å². The summed E-state index contributed by atoms with van der Waals surface area (Å²) in [5.74, 6) is 0. The van der Waals surface area contributed by atoms with E-state index in [4.69, 9.17) is 28.9 Å². The lowest BCUT2D eigenvalue weighted by molar-refractivity contribution is 1.45. The highest BCUT2D eigenvalue weighted by molar-refractivity contribution is 7.21. The van der Waals surface area contributed by atoms with E-state index in [2.05, 4.69) is 18.0 Å². The third-order valence-corrected chi connectivity index (χ3v) is 4.45. The van der Waals surface area contributed by atoms with Gasteiger partial charge in [-0.25, -0.2) is 4.98 Å². The van der Waals surface area contributed by atoms with E-state index in [0.29, 0.717) is 15.7 Å². The van der Waals surface area contributed by atoms with Crippen LogP contribution in [-0.2, 0) is 0 Å². The van der Waals surface area contributed by atoms with Crippen molar-refractivity contribution in [3.8, 4) is 10.6 Å². The minimum absolute atomic E-state index is 0.456. The lowest BCUT2D eigenvalue weighted by Crippen LogP contribution is -1.91. The molecule has 0 amide bonds. The number of halogens is 2. The zero-order valence-corrected chi connectivity index (χ0v) is 12.4. The molecule has 0 aliphatic carbocycles. The van der Waals surface area contributed by atoms with Crippen molar-refractivity contribution in [3.63, 3.8) is 0 Å². The van der Waals surface area contributed by atoms with E-state index in [0.717, 1.165) is 20.8 Å². The SMILES string of the molecule is Cc1ccc2nc(-c3cc(Cl)cc(Cl)c3N)sc2c1. The molecule has 0 radical (unpaired) electrons. The molecule has 2 nitrogen and oxygen atoms in total. The van der Waals surface area contributed by atoms with Gasteiger partial charge in [0.15, 0.2) is 0 Å². The fourth-order valence-electron chi connectivity index (χ4n) is 1.91. The Labute approximate surface area is 124 Å². The zero-order valence-electron chi connectivity index (χ0n) is 10.1. The van der Waals surface area contributed by atoms with Crippen LogP contribution in [0.5, 0.6) is 0 Å². The van der Waals surface area contributed by atoms with E-state index in [1.807, 2.05) is 12.1 Å². The van der Waals surface area contributed by atoms with Crippen molar-refractivity contribution >= 4 is 50.4 Å². The van der Waals surface area contributed by atoms with E-state index >= 15 is 0 Å². The number of hydrogen-bond donors (Lipinski definition) is 1. The summed E-state index contributed by atoms with van der Waals surface area (Å²) in [6, 6.07) is 9.60. The molecule has 19 heavy (non-hydrogen) atoms. The maximum Gasteiger partial charge on any atom is 0.126 e. The maximum atomic E-state index is 6.06. The third-order valence-electron chi connectivity index (χ3n) is 2.87. The predicted octanol–water partition coefficient (Wildman–Crippen LogP) is 5.16. The number of nitrogens with zero attached hydrogens (tertiary/aromatic N) is 1. The number of aromatic nitrogens is 1. The van der Waals surface area contributed by atoms with Gasteiger partial charge in [-0.2, -0.15) is 0 Å². The van der Waals surface area contributed by atoms with Crippen LogP contribution in [0.3, 0.4) is 0 Å². The molecular formula is C14H10Cl2N2S. The number of fused-ring (bicyclic) bond motifs is 1. The molecule has 0 spiro atoms. The summed E-state index contributed by atoms with van der Waals surface area (Å²) in [5, 5.41) is 1.85. The Balaban J connectivity index is 2.24. The van der Waals surface area contributed by atoms with Crippen molar-refractivity contribution in [1.82, 2.24) is 4.98 Å². The number of hydrogen-bond acceptors (Lipinski definition) is 3. The lowest BCUT2D eigenvalue weighted by atomic mass is 10.2. The van der Waals surface area contributed by atoms with Gasteiger partial charge in [-0.15, -0.1) is 11.3 Å². The average Bonchev–Trinajstić information content (AvgIpc) is 2.76. The quantitative estimate of drug-likeness (QED) is 0.630. The number of nitrogens with two attached hydrogens (primary N) is 1. The molecule has 0 fully saturated rings. The lowest BCUT2D eigenvalue weighted by Gasteiger charge is -2.05. The first-order valence-electron chi connectivity index (χ1n) is 5.66. The van der Waals surface area contributed by atoms with Gasteiger partial charge in [-0.05, 0) is 36.8 Å². The maximum absolute atomic E-state index is 6.06. The van der Waals surface area contributed by atoms with Crippen LogP contribution in [0, 0.1) is 6.92 Å². The second-order valence-electron chi connectivity index (χ2n) is 4.34. The van der Waals surface area contributed by atoms with Crippen molar-refractivity contribution in [3.05, 3.63) is 45.9 Å². The van der Waals surface area contributed by atoms with Crippen molar-refractivity contribution in [2.24, 2.45) is 0 Å². The van der Waals surface area contributed by atoms with Gasteiger partial charge in [0.25, 0.3) is 0 Å². The fraction of sp³-hybridized carbons (Fsp3) is 0.0714. The van der Waals surface area contributed by atoms with Crippen molar-refractivity contribution in [1.29, 1.82) is 0 Å².